The van der Waals surface area contributed by atoms with E-state index in [2.05, 4.69) is 18.7 Å². The third-order valence-corrected chi connectivity index (χ3v) is 3.13. The molecule has 1 aliphatic rings. The Balaban J connectivity index is 2.23. The number of hydrogen-bond acceptors (Lipinski definition) is 4. The van der Waals surface area contributed by atoms with Gasteiger partial charge in [0.15, 0.2) is 0 Å². The van der Waals surface area contributed by atoms with E-state index in [4.69, 9.17) is 15.2 Å². The molecule has 1 heterocycles. The van der Waals surface area contributed by atoms with Gasteiger partial charge in [0.2, 0.25) is 0 Å². The summed E-state index contributed by atoms with van der Waals surface area (Å²) in [5, 5.41) is 0. The van der Waals surface area contributed by atoms with Crippen LogP contribution in [0.5, 0.6) is 0 Å². The van der Waals surface area contributed by atoms with Crippen LogP contribution in [0.25, 0.3) is 0 Å². The van der Waals surface area contributed by atoms with Crippen molar-refractivity contribution >= 4 is 0 Å². The lowest BCUT2D eigenvalue weighted by Crippen LogP contribution is -2.51. The van der Waals surface area contributed by atoms with Gasteiger partial charge in [0.1, 0.15) is 0 Å². The minimum absolute atomic E-state index is 0.253. The van der Waals surface area contributed by atoms with Gasteiger partial charge in [-0.05, 0) is 26.7 Å². The normalized spacial score (nSPS) is 29.2. The third kappa shape index (κ3) is 4.78. The minimum atomic E-state index is 0.253. The molecule has 0 saturated carbocycles. The molecule has 0 aromatic heterocycles. The molecule has 0 aromatic carbocycles. The fourth-order valence-electron chi connectivity index (χ4n) is 2.11. The quantitative estimate of drug-likeness (QED) is 0.687. The molecular weight excluding hydrogens is 204 g/mol. The first-order valence-corrected chi connectivity index (χ1v) is 6.23. The van der Waals surface area contributed by atoms with Crippen molar-refractivity contribution in [2.24, 2.45) is 5.73 Å². The number of morpholine rings is 1. The summed E-state index contributed by atoms with van der Waals surface area (Å²) >= 11 is 0. The Labute approximate surface area is 99.1 Å². The molecule has 0 spiro atoms. The highest BCUT2D eigenvalue weighted by Crippen LogP contribution is 2.12. The van der Waals surface area contributed by atoms with Crippen molar-refractivity contribution in [3.8, 4) is 0 Å². The first kappa shape index (κ1) is 13.9. The van der Waals surface area contributed by atoms with Gasteiger partial charge >= 0.3 is 0 Å². The maximum atomic E-state index is 6.11. The Kier molecular flexibility index (Phi) is 6.28. The average Bonchev–Trinajstić information content (AvgIpc) is 2.24. The second kappa shape index (κ2) is 7.22. The summed E-state index contributed by atoms with van der Waals surface area (Å²) in [4.78, 5) is 2.44. The molecular formula is C12H26N2O2. The van der Waals surface area contributed by atoms with Gasteiger partial charge in [-0.1, -0.05) is 0 Å². The van der Waals surface area contributed by atoms with Gasteiger partial charge in [0.05, 0.1) is 12.7 Å². The Bertz CT molecular complexity index is 190. The van der Waals surface area contributed by atoms with E-state index in [-0.39, 0.29) is 6.04 Å². The van der Waals surface area contributed by atoms with Gasteiger partial charge in [0, 0.05) is 38.9 Å². The molecule has 0 aliphatic carbocycles. The second-order valence-corrected chi connectivity index (χ2v) is 4.84. The van der Waals surface area contributed by atoms with E-state index in [9.17, 15) is 0 Å². The lowest BCUT2D eigenvalue weighted by molar-refractivity contribution is -0.0512. The molecule has 0 bridgehead atoms. The van der Waals surface area contributed by atoms with Crippen LogP contribution in [0.15, 0.2) is 0 Å². The van der Waals surface area contributed by atoms with Gasteiger partial charge in [-0.15, -0.1) is 0 Å². The Morgan fingerprint density at radius 3 is 2.94 bits per heavy atom. The van der Waals surface area contributed by atoms with Crippen LogP contribution in [0.3, 0.4) is 0 Å². The molecule has 0 radical (unpaired) electrons. The van der Waals surface area contributed by atoms with Crippen LogP contribution < -0.4 is 5.73 Å². The maximum absolute atomic E-state index is 6.11. The molecule has 4 nitrogen and oxygen atoms in total. The highest BCUT2D eigenvalue weighted by molar-refractivity contribution is 4.78. The van der Waals surface area contributed by atoms with E-state index in [1.807, 2.05) is 0 Å². The first-order chi connectivity index (χ1) is 7.63. The van der Waals surface area contributed by atoms with Crippen LogP contribution in [0.2, 0.25) is 0 Å². The molecule has 1 saturated heterocycles. The van der Waals surface area contributed by atoms with Crippen molar-refractivity contribution in [3.05, 3.63) is 0 Å². The molecule has 1 aliphatic heterocycles. The highest BCUT2D eigenvalue weighted by Gasteiger charge is 2.24. The van der Waals surface area contributed by atoms with Gasteiger partial charge in [-0.25, -0.2) is 0 Å². The molecule has 3 atom stereocenters. The second-order valence-electron chi connectivity index (χ2n) is 4.84. The van der Waals surface area contributed by atoms with Gasteiger partial charge in [0.25, 0.3) is 0 Å². The monoisotopic (exact) mass is 230 g/mol. The zero-order valence-corrected chi connectivity index (χ0v) is 10.8. The molecule has 4 heteroatoms. The number of rotatable bonds is 6. The Morgan fingerprint density at radius 2 is 2.25 bits per heavy atom. The number of ether oxygens (including phenoxy) is 2. The van der Waals surface area contributed by atoms with Crippen molar-refractivity contribution < 1.29 is 9.47 Å². The molecule has 3 unspecified atom stereocenters. The van der Waals surface area contributed by atoms with Crippen molar-refractivity contribution in [3.63, 3.8) is 0 Å². The van der Waals surface area contributed by atoms with Gasteiger partial charge < -0.3 is 15.2 Å². The average molecular weight is 230 g/mol. The van der Waals surface area contributed by atoms with E-state index in [0.717, 1.165) is 39.1 Å². The van der Waals surface area contributed by atoms with Crippen LogP contribution in [0.4, 0.5) is 0 Å². The van der Waals surface area contributed by atoms with E-state index >= 15 is 0 Å². The van der Waals surface area contributed by atoms with E-state index in [0.29, 0.717) is 12.1 Å². The zero-order chi connectivity index (χ0) is 12.0. The number of nitrogens with zero attached hydrogens (tertiary/aromatic N) is 1. The van der Waals surface area contributed by atoms with Crippen LogP contribution in [-0.2, 0) is 9.47 Å². The van der Waals surface area contributed by atoms with Crippen LogP contribution in [-0.4, -0.2) is 56.5 Å². The highest BCUT2D eigenvalue weighted by atomic mass is 16.5. The third-order valence-electron chi connectivity index (χ3n) is 3.13. The zero-order valence-electron chi connectivity index (χ0n) is 10.8. The van der Waals surface area contributed by atoms with Crippen molar-refractivity contribution in [2.45, 2.75) is 44.9 Å². The molecule has 1 fully saturated rings. The number of hydrogen-bond donors (Lipinski definition) is 1. The number of methoxy groups -OCH3 is 1. The summed E-state index contributed by atoms with van der Waals surface area (Å²) in [7, 11) is 1.73. The minimum Gasteiger partial charge on any atom is -0.385 e. The molecule has 16 heavy (non-hydrogen) atoms. The van der Waals surface area contributed by atoms with Crippen LogP contribution in [0, 0.1) is 0 Å². The molecule has 96 valence electrons. The molecule has 1 rings (SSSR count). The van der Waals surface area contributed by atoms with Crippen molar-refractivity contribution in [1.29, 1.82) is 0 Å². The van der Waals surface area contributed by atoms with Crippen LogP contribution in [0.1, 0.15) is 26.7 Å². The standard InChI is InChI=1S/C12H26N2O2/c1-10-9-16-11(2)7-14(10)8-12(13)5-4-6-15-3/h10-12H,4-9,13H2,1-3H3. The van der Waals surface area contributed by atoms with Crippen molar-refractivity contribution in [1.82, 2.24) is 4.90 Å². The lowest BCUT2D eigenvalue weighted by atomic mass is 10.1. The maximum Gasteiger partial charge on any atom is 0.0674 e. The van der Waals surface area contributed by atoms with Crippen molar-refractivity contribution in [2.75, 3.05) is 33.4 Å². The van der Waals surface area contributed by atoms with Gasteiger partial charge in [-0.2, -0.15) is 0 Å². The summed E-state index contributed by atoms with van der Waals surface area (Å²) < 4.78 is 10.6. The topological polar surface area (TPSA) is 47.7 Å². The van der Waals surface area contributed by atoms with E-state index < -0.39 is 0 Å². The summed E-state index contributed by atoms with van der Waals surface area (Å²) in [5.41, 5.74) is 6.11. The predicted octanol–water partition coefficient (Wildman–Crippen LogP) is 0.850. The predicted molar refractivity (Wildman–Crippen MR) is 65.5 cm³/mol. The summed E-state index contributed by atoms with van der Waals surface area (Å²) in [6, 6.07) is 0.743. The summed E-state index contributed by atoms with van der Waals surface area (Å²) in [6.07, 6.45) is 2.42. The molecule has 2 N–H and O–H groups in total. The number of nitrogens with two attached hydrogens (primary N) is 1. The Morgan fingerprint density at radius 1 is 1.50 bits per heavy atom. The summed E-state index contributed by atoms with van der Waals surface area (Å²) in [5.74, 6) is 0. The summed E-state index contributed by atoms with van der Waals surface area (Å²) in [6.45, 7) is 7.93. The SMILES string of the molecule is COCCCC(N)CN1CC(C)OCC1C. The lowest BCUT2D eigenvalue weighted by Gasteiger charge is -2.38. The fourth-order valence-corrected chi connectivity index (χ4v) is 2.11. The smallest absolute Gasteiger partial charge is 0.0674 e. The Hall–Kier alpha value is -0.160. The van der Waals surface area contributed by atoms with E-state index in [1.165, 1.54) is 0 Å². The molecule has 0 aromatic rings. The van der Waals surface area contributed by atoms with Crippen LogP contribution >= 0.6 is 0 Å². The molecule has 0 amide bonds. The van der Waals surface area contributed by atoms with E-state index in [1.54, 1.807) is 7.11 Å². The largest absolute Gasteiger partial charge is 0.385 e. The van der Waals surface area contributed by atoms with Gasteiger partial charge in [-0.3, -0.25) is 4.90 Å². The first-order valence-electron chi connectivity index (χ1n) is 6.23. The fraction of sp³-hybridized carbons (Fsp3) is 1.00.